The zero-order valence-electron chi connectivity index (χ0n) is 34.6. The van der Waals surface area contributed by atoms with E-state index < -0.39 is 5.97 Å². The summed E-state index contributed by atoms with van der Waals surface area (Å²) in [6.07, 6.45) is 4.69. The van der Waals surface area contributed by atoms with Crippen LogP contribution in [-0.4, -0.2) is 91.9 Å². The van der Waals surface area contributed by atoms with E-state index in [1.165, 1.54) is 5.56 Å². The highest BCUT2D eigenvalue weighted by Gasteiger charge is 2.23. The number of pyridine rings is 1. The second kappa shape index (κ2) is 23.6. The van der Waals surface area contributed by atoms with Crippen LogP contribution in [0.15, 0.2) is 114 Å². The van der Waals surface area contributed by atoms with E-state index in [0.717, 1.165) is 40.8 Å². The first-order valence-corrected chi connectivity index (χ1v) is 21.9. The van der Waals surface area contributed by atoms with Gasteiger partial charge in [0.25, 0.3) is 11.8 Å². The van der Waals surface area contributed by atoms with Crippen molar-refractivity contribution in [1.82, 2.24) is 15.2 Å². The minimum atomic E-state index is -0.898. The number of hydrogen-bond donors (Lipinski definition) is 3. The number of benzene rings is 4. The van der Waals surface area contributed by atoms with E-state index in [4.69, 9.17) is 30.9 Å². The summed E-state index contributed by atoms with van der Waals surface area (Å²) in [6.45, 7) is 2.39. The summed E-state index contributed by atoms with van der Waals surface area (Å²) < 4.78 is 16.2. The minimum Gasteiger partial charge on any atom is -0.481 e. The van der Waals surface area contributed by atoms with Gasteiger partial charge in [-0.25, -0.2) is 0 Å². The predicted molar refractivity (Wildman–Crippen MR) is 241 cm³/mol. The topological polar surface area (TPSA) is 156 Å². The third-order valence-electron chi connectivity index (χ3n) is 10.3. The van der Waals surface area contributed by atoms with E-state index in [9.17, 15) is 19.2 Å². The van der Waals surface area contributed by atoms with E-state index in [1.807, 2.05) is 54.6 Å². The van der Waals surface area contributed by atoms with Crippen molar-refractivity contribution < 1.29 is 38.5 Å². The number of likely N-dealkylation sites (N-methyl/N-ethyl adjacent to an activating group) is 1. The molecule has 1 atom stereocenters. The highest BCUT2D eigenvalue weighted by Crippen LogP contribution is 2.33. The highest BCUT2D eigenvalue weighted by molar-refractivity contribution is 7.98. The number of carboxylic acid groups (broad SMARTS) is 1. The standard InChI is InChI=1S/C48H51ClN4O8S/c1-53(20-22-60-24-26-61-25-23-59-21-18-46(55)56)45(54)29-33-7-5-12-39(28-33)62-32-34-8-4-11-36(27-34)47(57)52-43-16-15-38(49)31-41(43)44-30-37(17-19-50-44)48(58)51-42-14-6-10-35-9-2-3-13-40(35)42/h2-5,7-9,11-13,15-17,19,27-28,30-31,42H,6,10,14,18,20-26,29,32H2,1H3,(H,51,58)(H,52,57)(H,55,56)/t42-/m0/s1. The molecule has 62 heavy (non-hydrogen) atoms. The summed E-state index contributed by atoms with van der Waals surface area (Å²) in [5.41, 5.74) is 6.82. The summed E-state index contributed by atoms with van der Waals surface area (Å²) in [6, 6.07) is 32.1. The molecule has 6 rings (SSSR count). The fourth-order valence-electron chi connectivity index (χ4n) is 6.95. The number of aromatic nitrogens is 1. The maximum absolute atomic E-state index is 13.7. The van der Waals surface area contributed by atoms with Crippen molar-refractivity contribution in [2.75, 3.05) is 58.6 Å². The molecule has 0 radical (unpaired) electrons. The fraction of sp³-hybridized carbons (Fsp3) is 0.312. The number of nitrogens with one attached hydrogen (secondary N) is 2. The molecule has 3 N–H and O–H groups in total. The Morgan fingerprint density at radius 1 is 0.806 bits per heavy atom. The molecule has 3 amide bonds. The highest BCUT2D eigenvalue weighted by atomic mass is 35.5. The monoisotopic (exact) mass is 878 g/mol. The maximum atomic E-state index is 13.7. The van der Waals surface area contributed by atoms with E-state index in [2.05, 4.69) is 27.8 Å². The lowest BCUT2D eigenvalue weighted by Gasteiger charge is -2.26. The number of aryl methyl sites for hydroxylation is 1. The molecular formula is C48H51ClN4O8S. The number of carbonyl (C=O) groups excluding carboxylic acids is 3. The number of thioether (sulfide) groups is 1. The Kier molecular flexibility index (Phi) is 17.5. The van der Waals surface area contributed by atoms with Crippen LogP contribution in [0.2, 0.25) is 5.02 Å². The number of carbonyl (C=O) groups is 4. The van der Waals surface area contributed by atoms with Gasteiger partial charge in [-0.15, -0.1) is 11.8 Å². The number of anilines is 1. The summed E-state index contributed by atoms with van der Waals surface area (Å²) in [5.74, 6) is -0.812. The number of fused-ring (bicyclic) bond motifs is 1. The summed E-state index contributed by atoms with van der Waals surface area (Å²) in [5, 5.41) is 15.3. The first kappa shape index (κ1) is 45.9. The predicted octanol–water partition coefficient (Wildman–Crippen LogP) is 8.28. The van der Waals surface area contributed by atoms with Gasteiger partial charge in [-0.2, -0.15) is 0 Å². The average molecular weight is 879 g/mol. The average Bonchev–Trinajstić information content (AvgIpc) is 3.28. The number of halogens is 1. The van der Waals surface area contributed by atoms with Gasteiger partial charge in [0, 0.05) is 52.2 Å². The van der Waals surface area contributed by atoms with Crippen molar-refractivity contribution in [3.05, 3.63) is 148 Å². The quantitative estimate of drug-likeness (QED) is 0.0457. The van der Waals surface area contributed by atoms with Gasteiger partial charge in [0.15, 0.2) is 0 Å². The first-order valence-electron chi connectivity index (χ1n) is 20.6. The number of rotatable bonds is 22. The van der Waals surface area contributed by atoms with Crippen LogP contribution < -0.4 is 10.6 Å². The summed E-state index contributed by atoms with van der Waals surface area (Å²) in [7, 11) is 1.75. The third kappa shape index (κ3) is 14.0. The Morgan fingerprint density at radius 3 is 2.37 bits per heavy atom. The van der Waals surface area contributed by atoms with Gasteiger partial charge in [0.05, 0.1) is 69.9 Å². The maximum Gasteiger partial charge on any atom is 0.305 e. The van der Waals surface area contributed by atoms with E-state index in [1.54, 1.807) is 66.3 Å². The molecule has 14 heteroatoms. The molecule has 0 saturated carbocycles. The number of ether oxygens (including phenoxy) is 3. The Balaban J connectivity index is 0.980. The van der Waals surface area contributed by atoms with Crippen LogP contribution in [0.25, 0.3) is 11.3 Å². The van der Waals surface area contributed by atoms with Gasteiger partial charge in [-0.05, 0) is 96.1 Å². The summed E-state index contributed by atoms with van der Waals surface area (Å²) >= 11 is 8.06. The molecule has 1 heterocycles. The molecule has 0 saturated heterocycles. The van der Waals surface area contributed by atoms with Crippen LogP contribution in [0.4, 0.5) is 5.69 Å². The van der Waals surface area contributed by atoms with E-state index >= 15 is 0 Å². The smallest absolute Gasteiger partial charge is 0.305 e. The van der Waals surface area contributed by atoms with Gasteiger partial charge >= 0.3 is 5.97 Å². The van der Waals surface area contributed by atoms with Gasteiger partial charge in [-0.1, -0.05) is 60.1 Å². The number of nitrogens with zero attached hydrogens (tertiary/aromatic N) is 2. The molecule has 1 aliphatic carbocycles. The van der Waals surface area contributed by atoms with Gasteiger partial charge in [-0.3, -0.25) is 24.2 Å². The van der Waals surface area contributed by atoms with E-state index in [0.29, 0.717) is 78.4 Å². The van der Waals surface area contributed by atoms with Crippen LogP contribution in [0, 0.1) is 0 Å². The van der Waals surface area contributed by atoms with Crippen LogP contribution in [0.3, 0.4) is 0 Å². The Bertz CT molecular complexity index is 2330. The van der Waals surface area contributed by atoms with Gasteiger partial charge < -0.3 is 34.9 Å². The molecule has 0 unspecified atom stereocenters. The van der Waals surface area contributed by atoms with Crippen molar-refractivity contribution in [1.29, 1.82) is 0 Å². The molecule has 0 bridgehead atoms. The molecule has 0 fully saturated rings. The molecule has 1 aromatic heterocycles. The SMILES string of the molecule is CN(CCOCCOCCOCCC(=O)O)C(=O)Cc1cccc(SCc2cccc(C(=O)Nc3ccc(Cl)cc3-c3cc(C(=O)N[C@H]4CCCc5ccccc54)ccn3)c2)c1. The van der Waals surface area contributed by atoms with Gasteiger partial charge in [0.2, 0.25) is 5.91 Å². The molecule has 5 aromatic rings. The van der Waals surface area contributed by atoms with Crippen molar-refractivity contribution in [2.24, 2.45) is 0 Å². The second-order valence-electron chi connectivity index (χ2n) is 14.8. The lowest BCUT2D eigenvalue weighted by Crippen LogP contribution is -2.31. The first-order chi connectivity index (χ1) is 30.1. The number of hydrogen-bond acceptors (Lipinski definition) is 9. The molecule has 4 aromatic carbocycles. The lowest BCUT2D eigenvalue weighted by molar-refractivity contribution is -0.138. The Hall–Kier alpha value is -5.57. The zero-order chi connectivity index (χ0) is 43.7. The number of amides is 3. The zero-order valence-corrected chi connectivity index (χ0v) is 36.2. The minimum absolute atomic E-state index is 0.0248. The van der Waals surface area contributed by atoms with Crippen molar-refractivity contribution >= 4 is 52.7 Å². The van der Waals surface area contributed by atoms with Crippen LogP contribution >= 0.6 is 23.4 Å². The second-order valence-corrected chi connectivity index (χ2v) is 16.3. The Morgan fingerprint density at radius 2 is 1.55 bits per heavy atom. The van der Waals surface area contributed by atoms with Gasteiger partial charge in [0.1, 0.15) is 0 Å². The fourth-order valence-corrected chi connectivity index (χ4v) is 8.04. The third-order valence-corrected chi connectivity index (χ3v) is 11.6. The van der Waals surface area contributed by atoms with E-state index in [-0.39, 0.29) is 43.2 Å². The number of aliphatic carboxylic acids is 1. The largest absolute Gasteiger partial charge is 0.481 e. The summed E-state index contributed by atoms with van der Waals surface area (Å²) in [4.78, 5) is 57.8. The molecule has 12 nitrogen and oxygen atoms in total. The number of carboxylic acids is 1. The molecular weight excluding hydrogens is 828 g/mol. The lowest BCUT2D eigenvalue weighted by atomic mass is 9.87. The van der Waals surface area contributed by atoms with Crippen LogP contribution in [0.1, 0.15) is 68.3 Å². The van der Waals surface area contributed by atoms with Crippen molar-refractivity contribution in [3.63, 3.8) is 0 Å². The molecule has 0 spiro atoms. The normalized spacial score (nSPS) is 13.2. The Labute approximate surface area is 371 Å². The molecule has 324 valence electrons. The van der Waals surface area contributed by atoms with Crippen molar-refractivity contribution in [3.8, 4) is 11.3 Å². The van der Waals surface area contributed by atoms with Crippen LogP contribution in [-0.2, 0) is 42.4 Å². The van der Waals surface area contributed by atoms with Crippen molar-refractivity contribution in [2.45, 2.75) is 48.8 Å². The molecule has 0 aliphatic heterocycles. The molecule has 1 aliphatic rings. The van der Waals surface area contributed by atoms with Crippen LogP contribution in [0.5, 0.6) is 0 Å².